The van der Waals surface area contributed by atoms with Crippen LogP contribution in [0.15, 0.2) is 0 Å². The smallest absolute Gasteiger partial charge is 0.366 e. The molecule has 0 N–H and O–H groups in total. The Balaban J connectivity index is -0.00000146. The molecule has 172 valence electrons. The van der Waals surface area contributed by atoms with Gasteiger partial charge >= 0.3 is 5.97 Å². The fourth-order valence-electron chi connectivity index (χ4n) is 2.99. The molecule has 0 aromatic heterocycles. The lowest BCUT2D eigenvalue weighted by Crippen LogP contribution is -3.00. The van der Waals surface area contributed by atoms with Crippen molar-refractivity contribution in [2.24, 2.45) is 0 Å². The van der Waals surface area contributed by atoms with Crippen molar-refractivity contribution in [1.82, 2.24) is 0 Å². The van der Waals surface area contributed by atoms with Gasteiger partial charge in [0.1, 0.15) is 21.1 Å². The largest absolute Gasteiger partial charge is 1.00 e. The lowest BCUT2D eigenvalue weighted by molar-refractivity contribution is -1.04. The molecule has 4 heteroatoms. The van der Waals surface area contributed by atoms with Crippen LogP contribution in [-0.2, 0) is 9.63 Å². The molecule has 0 fully saturated rings. The molecular weight excluding hydrogens is 370 g/mol. The molecule has 0 amide bonds. The molecule has 0 unspecified atom stereocenters. The third-order valence-electron chi connectivity index (χ3n) is 4.36. The summed E-state index contributed by atoms with van der Waals surface area (Å²) in [5, 5.41) is 0. The van der Waals surface area contributed by atoms with Crippen LogP contribution in [-0.4, -0.2) is 31.8 Å². The van der Waals surface area contributed by atoms with E-state index in [-0.39, 0.29) is 23.0 Å². The topological polar surface area (TPSA) is 26.3 Å². The summed E-state index contributed by atoms with van der Waals surface area (Å²) in [6.07, 6.45) is 22.0. The van der Waals surface area contributed by atoms with Crippen LogP contribution >= 0.6 is 0 Å². The Morgan fingerprint density at radius 2 is 0.893 bits per heavy atom. The first-order chi connectivity index (χ1) is 12.9. The van der Waals surface area contributed by atoms with Crippen LogP contribution in [0.3, 0.4) is 0 Å². The first-order valence-corrected chi connectivity index (χ1v) is 11.9. The zero-order valence-electron chi connectivity index (χ0n) is 20.2. The average molecular weight is 422 g/mol. The van der Waals surface area contributed by atoms with Gasteiger partial charge in [0.05, 0.1) is 6.42 Å². The predicted octanol–water partition coefficient (Wildman–Crippen LogP) is 4.83. The minimum absolute atomic E-state index is 0. The van der Waals surface area contributed by atoms with E-state index < -0.39 is 0 Å². The highest BCUT2D eigenvalue weighted by molar-refractivity contribution is 5.68. The van der Waals surface area contributed by atoms with E-state index >= 15 is 0 Å². The predicted molar refractivity (Wildman–Crippen MR) is 120 cm³/mol. The lowest BCUT2D eigenvalue weighted by atomic mass is 10.0. The quantitative estimate of drug-likeness (QED) is 0.191. The first kappa shape index (κ1) is 32.4. The molecule has 0 aliphatic rings. The van der Waals surface area contributed by atoms with Crippen LogP contribution in [0.2, 0.25) is 0 Å². The maximum atomic E-state index is 11.6. The highest BCUT2D eigenvalue weighted by Gasteiger charge is 2.14. The second-order valence-corrected chi connectivity index (χ2v) is 8.76. The molecule has 0 aromatic rings. The normalized spacial score (nSPS) is 10.6. The molecule has 28 heavy (non-hydrogen) atoms. The Labute approximate surface area is 183 Å². The Bertz CT molecular complexity index is 303. The maximum Gasteiger partial charge on any atom is 0.366 e. The van der Waals surface area contributed by atoms with Gasteiger partial charge in [0.2, 0.25) is 0 Å². The molecule has 0 heterocycles. The summed E-state index contributed by atoms with van der Waals surface area (Å²) in [6.45, 7) is 6.53. The van der Waals surface area contributed by atoms with E-state index in [0.717, 1.165) is 12.8 Å². The minimum atomic E-state index is -0.0720. The molecule has 0 saturated heterocycles. The van der Waals surface area contributed by atoms with Crippen LogP contribution in [0, 0.1) is 0 Å². The molecule has 0 spiro atoms. The summed E-state index contributed by atoms with van der Waals surface area (Å²) < 4.78 is 0.261. The van der Waals surface area contributed by atoms with Gasteiger partial charge in [0.25, 0.3) is 0 Å². The van der Waals surface area contributed by atoms with E-state index in [9.17, 15) is 4.79 Å². The van der Waals surface area contributed by atoms with Gasteiger partial charge in [-0.3, -0.25) is 4.84 Å². The van der Waals surface area contributed by atoms with Crippen LogP contribution in [0.5, 0.6) is 0 Å². The van der Waals surface area contributed by atoms with Gasteiger partial charge in [-0.1, -0.05) is 117 Å². The molecule has 0 aliphatic heterocycles. The van der Waals surface area contributed by atoms with E-state index in [1.165, 1.54) is 89.9 Å². The number of nitrogens with zero attached hydrogens (tertiary/aromatic N) is 1. The number of halogens is 1. The molecule has 0 saturated carbocycles. The standard InChI is InChI=1S/C21H44NO2.C3H8.ClH/c1-5-6-7-8-9-10-11-12-13-14-15-16-17-18-19-20-21(23)24-22(2,3)4;1-3-2;/h5-20H2,1-4H3;3H2,1-2H3;1H/q+1;;/p-1. The van der Waals surface area contributed by atoms with Crippen molar-refractivity contribution in [3.8, 4) is 0 Å². The summed E-state index contributed by atoms with van der Waals surface area (Å²) in [4.78, 5) is 16.8. The van der Waals surface area contributed by atoms with Gasteiger partial charge in [-0.05, 0) is 6.42 Å². The van der Waals surface area contributed by atoms with Gasteiger partial charge < -0.3 is 12.4 Å². The van der Waals surface area contributed by atoms with Crippen molar-refractivity contribution in [1.29, 1.82) is 0 Å². The van der Waals surface area contributed by atoms with Crippen LogP contribution in [0.4, 0.5) is 0 Å². The van der Waals surface area contributed by atoms with E-state index in [1.54, 1.807) is 0 Å². The number of unbranched alkanes of at least 4 members (excludes halogenated alkanes) is 14. The molecule has 0 bridgehead atoms. The van der Waals surface area contributed by atoms with Gasteiger partial charge in [-0.2, -0.15) is 0 Å². The van der Waals surface area contributed by atoms with Gasteiger partial charge in [-0.15, -0.1) is 4.65 Å². The van der Waals surface area contributed by atoms with E-state index in [4.69, 9.17) is 4.84 Å². The summed E-state index contributed by atoms with van der Waals surface area (Å²) in [5.74, 6) is -0.0720. The maximum absolute atomic E-state index is 11.6. The number of hydrogen-bond acceptors (Lipinski definition) is 2. The highest BCUT2D eigenvalue weighted by atomic mass is 35.5. The minimum Gasteiger partial charge on any atom is -1.00 e. The van der Waals surface area contributed by atoms with E-state index in [1.807, 2.05) is 21.1 Å². The Kier molecular flexibility index (Phi) is 28.6. The van der Waals surface area contributed by atoms with Gasteiger partial charge in [-0.25, -0.2) is 4.79 Å². The molecule has 0 atom stereocenters. The second kappa shape index (κ2) is 24.8. The number of carbonyl (C=O) groups excluding carboxylic acids is 1. The number of rotatable bonds is 17. The van der Waals surface area contributed by atoms with Crippen molar-refractivity contribution < 1.29 is 26.7 Å². The molecule has 0 rings (SSSR count). The van der Waals surface area contributed by atoms with Crippen LogP contribution < -0.4 is 12.4 Å². The van der Waals surface area contributed by atoms with Gasteiger partial charge in [0.15, 0.2) is 0 Å². The molecule has 0 aromatic carbocycles. The molecule has 3 nitrogen and oxygen atoms in total. The molecule has 0 radical (unpaired) electrons. The van der Waals surface area contributed by atoms with Crippen molar-refractivity contribution in [2.75, 3.05) is 21.1 Å². The Morgan fingerprint density at radius 3 is 1.18 bits per heavy atom. The number of hydroxylamine groups is 3. The zero-order valence-corrected chi connectivity index (χ0v) is 20.9. The van der Waals surface area contributed by atoms with Crippen LogP contribution in [0.1, 0.15) is 130 Å². The van der Waals surface area contributed by atoms with Crippen molar-refractivity contribution in [2.45, 2.75) is 130 Å². The third kappa shape index (κ3) is 33.3. The summed E-state index contributed by atoms with van der Waals surface area (Å²) >= 11 is 0. The first-order valence-electron chi connectivity index (χ1n) is 11.9. The fraction of sp³-hybridized carbons (Fsp3) is 0.958. The van der Waals surface area contributed by atoms with E-state index in [2.05, 4.69) is 20.8 Å². The van der Waals surface area contributed by atoms with Gasteiger partial charge in [0, 0.05) is 0 Å². The number of hydrogen-bond donors (Lipinski definition) is 0. The average Bonchev–Trinajstić information content (AvgIpc) is 2.57. The summed E-state index contributed by atoms with van der Waals surface area (Å²) in [5.41, 5.74) is 0. The van der Waals surface area contributed by atoms with Crippen LogP contribution in [0.25, 0.3) is 0 Å². The highest BCUT2D eigenvalue weighted by Crippen LogP contribution is 2.14. The molecular formula is C24H52ClNO2. The van der Waals surface area contributed by atoms with Crippen molar-refractivity contribution in [3.05, 3.63) is 0 Å². The Morgan fingerprint density at radius 1 is 0.607 bits per heavy atom. The molecule has 0 aliphatic carbocycles. The van der Waals surface area contributed by atoms with Crippen molar-refractivity contribution in [3.63, 3.8) is 0 Å². The SMILES string of the molecule is CCC.CCCCCCCCCCCCCCCCCC(=O)O[N+](C)(C)C.[Cl-]. The summed E-state index contributed by atoms with van der Waals surface area (Å²) in [6, 6.07) is 0. The van der Waals surface area contributed by atoms with E-state index in [0.29, 0.717) is 6.42 Å². The fourth-order valence-corrected chi connectivity index (χ4v) is 2.99. The second-order valence-electron chi connectivity index (χ2n) is 8.76. The summed E-state index contributed by atoms with van der Waals surface area (Å²) in [7, 11) is 5.60. The lowest BCUT2D eigenvalue weighted by Gasteiger charge is -2.20. The number of quaternary nitrogens is 1. The Hall–Kier alpha value is -0.280. The number of carbonyl (C=O) groups is 1. The monoisotopic (exact) mass is 421 g/mol. The third-order valence-corrected chi connectivity index (χ3v) is 4.36. The zero-order chi connectivity index (χ0) is 20.8. The van der Waals surface area contributed by atoms with Crippen molar-refractivity contribution >= 4 is 5.97 Å².